The second-order valence-corrected chi connectivity index (χ2v) is 4.38. The topological polar surface area (TPSA) is 95.2 Å². The number of rotatable bonds is 4. The van der Waals surface area contributed by atoms with Crippen molar-refractivity contribution in [3.05, 3.63) is 46.7 Å². The Hall–Kier alpha value is -2.78. The number of carbonyl (C=O) groups is 1. The molecule has 106 valence electrons. The van der Waals surface area contributed by atoms with Gasteiger partial charge in [-0.1, -0.05) is 11.6 Å². The van der Waals surface area contributed by atoms with E-state index in [1.54, 1.807) is 12.1 Å². The summed E-state index contributed by atoms with van der Waals surface area (Å²) in [6.45, 7) is 0. The van der Waals surface area contributed by atoms with Gasteiger partial charge in [-0.15, -0.1) is 0 Å². The van der Waals surface area contributed by atoms with Crippen molar-refractivity contribution in [3.63, 3.8) is 0 Å². The predicted octanol–water partition coefficient (Wildman–Crippen LogP) is 3.06. The fourth-order valence-corrected chi connectivity index (χ4v) is 1.94. The fourth-order valence-electron chi connectivity index (χ4n) is 1.73. The summed E-state index contributed by atoms with van der Waals surface area (Å²) >= 11 is 6.06. The number of benzene rings is 1. The van der Waals surface area contributed by atoms with Crippen molar-refractivity contribution in [1.82, 2.24) is 4.98 Å². The first-order chi connectivity index (χ1) is 10.1. The summed E-state index contributed by atoms with van der Waals surface area (Å²) in [5.41, 5.74) is 1.05. The van der Waals surface area contributed by atoms with E-state index in [-0.39, 0.29) is 22.0 Å². The van der Waals surface area contributed by atoms with Gasteiger partial charge in [0.2, 0.25) is 0 Å². The number of nitrogens with zero attached hydrogens (tertiary/aromatic N) is 2. The molecular weight excluding hydrogens is 294 g/mol. The number of nitriles is 1. The molecule has 2 N–H and O–H groups in total. The molecule has 6 nitrogen and oxygen atoms in total. The Kier molecular flexibility index (Phi) is 4.26. The Bertz CT molecular complexity index is 741. The first-order valence-electron chi connectivity index (χ1n) is 5.79. The maximum Gasteiger partial charge on any atom is 0.339 e. The van der Waals surface area contributed by atoms with Crippen LogP contribution in [-0.2, 0) is 0 Å². The quantitative estimate of drug-likeness (QED) is 0.901. The lowest BCUT2D eigenvalue weighted by Crippen LogP contribution is -2.03. The van der Waals surface area contributed by atoms with Gasteiger partial charge in [0.15, 0.2) is 5.69 Å². The summed E-state index contributed by atoms with van der Waals surface area (Å²) in [7, 11) is 1.37. The van der Waals surface area contributed by atoms with Crippen LogP contribution in [0.25, 0.3) is 0 Å². The Morgan fingerprint density at radius 1 is 1.48 bits per heavy atom. The maximum atomic E-state index is 11.1. The second kappa shape index (κ2) is 6.11. The first kappa shape index (κ1) is 14.6. The zero-order valence-corrected chi connectivity index (χ0v) is 11.7. The van der Waals surface area contributed by atoms with Crippen molar-refractivity contribution in [2.45, 2.75) is 0 Å². The molecule has 0 aliphatic rings. The number of ether oxygens (including phenoxy) is 1. The summed E-state index contributed by atoms with van der Waals surface area (Å²) in [5.74, 6) is -0.976. The monoisotopic (exact) mass is 303 g/mol. The van der Waals surface area contributed by atoms with Crippen molar-refractivity contribution in [2.75, 3.05) is 12.4 Å². The number of methoxy groups -OCH3 is 1. The Labute approximate surface area is 125 Å². The van der Waals surface area contributed by atoms with Crippen LogP contribution < -0.4 is 10.1 Å². The summed E-state index contributed by atoms with van der Waals surface area (Å²) < 4.78 is 5.04. The Balaban J connectivity index is 2.46. The van der Waals surface area contributed by atoms with Gasteiger partial charge >= 0.3 is 5.97 Å². The van der Waals surface area contributed by atoms with Gasteiger partial charge in [-0.05, 0) is 18.2 Å². The number of carboxylic acids is 1. The Morgan fingerprint density at radius 3 is 2.86 bits per heavy atom. The molecule has 0 fully saturated rings. The normalized spacial score (nSPS) is 9.76. The number of hydrogen-bond acceptors (Lipinski definition) is 5. The molecular formula is C14H10ClN3O3. The second-order valence-electron chi connectivity index (χ2n) is 3.97. The molecule has 1 aromatic heterocycles. The zero-order chi connectivity index (χ0) is 15.4. The van der Waals surface area contributed by atoms with E-state index in [0.717, 1.165) is 0 Å². The summed E-state index contributed by atoms with van der Waals surface area (Å²) in [6, 6.07) is 8.03. The molecule has 1 heterocycles. The predicted molar refractivity (Wildman–Crippen MR) is 77.2 cm³/mol. The molecule has 0 atom stereocenters. The van der Waals surface area contributed by atoms with Crippen molar-refractivity contribution < 1.29 is 14.6 Å². The van der Waals surface area contributed by atoms with Crippen LogP contribution >= 0.6 is 11.6 Å². The molecule has 0 spiro atoms. The van der Waals surface area contributed by atoms with Gasteiger partial charge in [0.25, 0.3) is 0 Å². The van der Waals surface area contributed by atoms with Crippen LogP contribution in [0, 0.1) is 11.3 Å². The van der Waals surface area contributed by atoms with Gasteiger partial charge in [-0.3, -0.25) is 0 Å². The summed E-state index contributed by atoms with van der Waals surface area (Å²) in [5, 5.41) is 21.2. The molecule has 0 saturated heterocycles. The number of pyridine rings is 1. The Morgan fingerprint density at radius 2 is 2.24 bits per heavy atom. The number of carboxylic acid groups (broad SMARTS) is 1. The van der Waals surface area contributed by atoms with E-state index in [9.17, 15) is 4.79 Å². The third-order valence-corrected chi connectivity index (χ3v) is 3.02. The molecule has 2 rings (SSSR count). The van der Waals surface area contributed by atoms with Crippen LogP contribution in [0.15, 0.2) is 30.5 Å². The van der Waals surface area contributed by atoms with Gasteiger partial charge in [-0.2, -0.15) is 5.26 Å². The lowest BCUT2D eigenvalue weighted by Gasteiger charge is -2.12. The maximum absolute atomic E-state index is 11.1. The third-order valence-electron chi connectivity index (χ3n) is 2.70. The van der Waals surface area contributed by atoms with Gasteiger partial charge < -0.3 is 15.2 Å². The van der Waals surface area contributed by atoms with E-state index in [2.05, 4.69) is 10.3 Å². The lowest BCUT2D eigenvalue weighted by molar-refractivity contribution is 0.0693. The molecule has 0 saturated carbocycles. The smallest absolute Gasteiger partial charge is 0.339 e. The number of aromatic carboxylic acids is 1. The zero-order valence-electron chi connectivity index (χ0n) is 10.9. The minimum absolute atomic E-state index is 0.0419. The highest BCUT2D eigenvalue weighted by atomic mass is 35.5. The standard InChI is InChI=1S/C14H10ClN3O3/c1-21-13-6-11(9(15)5-8(13)14(19)20)18-10-3-2-4-17-12(10)7-16/h2-6,18H,1H3,(H,19,20). The molecule has 2 aromatic rings. The molecule has 1 aromatic carbocycles. The molecule has 0 bridgehead atoms. The van der Waals surface area contributed by atoms with E-state index < -0.39 is 5.97 Å². The van der Waals surface area contributed by atoms with E-state index in [1.165, 1.54) is 25.4 Å². The van der Waals surface area contributed by atoms with Gasteiger partial charge in [0.1, 0.15) is 17.4 Å². The van der Waals surface area contributed by atoms with Crippen LogP contribution in [0.5, 0.6) is 5.75 Å². The number of hydrogen-bond donors (Lipinski definition) is 2. The van der Waals surface area contributed by atoms with Gasteiger partial charge in [0, 0.05) is 12.3 Å². The highest BCUT2D eigenvalue weighted by molar-refractivity contribution is 6.33. The highest BCUT2D eigenvalue weighted by Crippen LogP contribution is 2.33. The molecule has 0 amide bonds. The van der Waals surface area contributed by atoms with Crippen LogP contribution in [0.1, 0.15) is 16.1 Å². The van der Waals surface area contributed by atoms with Crippen molar-refractivity contribution >= 4 is 28.9 Å². The van der Waals surface area contributed by atoms with E-state index >= 15 is 0 Å². The molecule has 0 radical (unpaired) electrons. The molecule has 21 heavy (non-hydrogen) atoms. The average Bonchev–Trinajstić information content (AvgIpc) is 2.49. The van der Waals surface area contributed by atoms with E-state index in [1.807, 2.05) is 6.07 Å². The molecule has 0 unspecified atom stereocenters. The minimum Gasteiger partial charge on any atom is -0.496 e. The SMILES string of the molecule is COc1cc(Nc2cccnc2C#N)c(Cl)cc1C(=O)O. The van der Waals surface area contributed by atoms with Gasteiger partial charge in [0.05, 0.1) is 23.5 Å². The van der Waals surface area contributed by atoms with Crippen molar-refractivity contribution in [2.24, 2.45) is 0 Å². The van der Waals surface area contributed by atoms with Crippen molar-refractivity contribution in [1.29, 1.82) is 5.26 Å². The minimum atomic E-state index is -1.14. The lowest BCUT2D eigenvalue weighted by atomic mass is 10.1. The number of nitrogens with one attached hydrogen (secondary N) is 1. The molecule has 7 heteroatoms. The van der Waals surface area contributed by atoms with E-state index in [0.29, 0.717) is 11.4 Å². The van der Waals surface area contributed by atoms with Crippen LogP contribution in [0.2, 0.25) is 5.02 Å². The summed E-state index contributed by atoms with van der Waals surface area (Å²) in [4.78, 5) is 15.0. The fraction of sp³-hybridized carbons (Fsp3) is 0.0714. The number of anilines is 2. The molecule has 0 aliphatic heterocycles. The number of aromatic nitrogens is 1. The highest BCUT2D eigenvalue weighted by Gasteiger charge is 2.15. The van der Waals surface area contributed by atoms with Gasteiger partial charge in [-0.25, -0.2) is 9.78 Å². The van der Waals surface area contributed by atoms with Crippen LogP contribution in [-0.4, -0.2) is 23.2 Å². The van der Waals surface area contributed by atoms with E-state index in [4.69, 9.17) is 26.7 Å². The third kappa shape index (κ3) is 3.04. The average molecular weight is 304 g/mol. The van der Waals surface area contributed by atoms with Crippen molar-refractivity contribution in [3.8, 4) is 11.8 Å². The number of halogens is 1. The molecule has 0 aliphatic carbocycles. The first-order valence-corrected chi connectivity index (χ1v) is 6.17. The largest absolute Gasteiger partial charge is 0.496 e. The summed E-state index contributed by atoms with van der Waals surface area (Å²) in [6.07, 6.45) is 1.50. The van der Waals surface area contributed by atoms with Crippen LogP contribution in [0.4, 0.5) is 11.4 Å². The van der Waals surface area contributed by atoms with Crippen LogP contribution in [0.3, 0.4) is 0 Å².